The van der Waals surface area contributed by atoms with E-state index in [0.717, 1.165) is 19.5 Å². The van der Waals surface area contributed by atoms with E-state index in [0.29, 0.717) is 0 Å². The molecule has 0 spiro atoms. The predicted molar refractivity (Wildman–Crippen MR) is 100 cm³/mol. The summed E-state index contributed by atoms with van der Waals surface area (Å²) in [4.78, 5) is 8.69. The number of aromatic nitrogens is 1. The zero-order valence-corrected chi connectivity index (χ0v) is 14.1. The molecule has 0 amide bonds. The standard InChI is InChI=1S/C21H25N3/c1-2-6-18(7-3-1)17-24-14-12-23(13-15-24)11-10-20-16-19-8-4-5-9-21(19)22-20/h1-9,16,22H,10-15,17H2. The van der Waals surface area contributed by atoms with E-state index in [1.807, 2.05) is 0 Å². The summed E-state index contributed by atoms with van der Waals surface area (Å²) < 4.78 is 0. The highest BCUT2D eigenvalue weighted by Gasteiger charge is 2.16. The average molecular weight is 319 g/mol. The van der Waals surface area contributed by atoms with Crippen LogP contribution in [0.25, 0.3) is 10.9 Å². The second kappa shape index (κ2) is 7.20. The third kappa shape index (κ3) is 3.69. The van der Waals surface area contributed by atoms with Gasteiger partial charge in [-0.2, -0.15) is 0 Å². The Morgan fingerprint density at radius 1 is 0.792 bits per heavy atom. The maximum absolute atomic E-state index is 3.54. The fraction of sp³-hybridized carbons (Fsp3) is 0.333. The second-order valence-corrected chi connectivity index (χ2v) is 6.74. The predicted octanol–water partition coefficient (Wildman–Crippen LogP) is 3.53. The highest BCUT2D eigenvalue weighted by atomic mass is 15.3. The van der Waals surface area contributed by atoms with Crippen LogP contribution in [0.5, 0.6) is 0 Å². The first kappa shape index (κ1) is 15.4. The third-order valence-corrected chi connectivity index (χ3v) is 5.00. The summed E-state index contributed by atoms with van der Waals surface area (Å²) >= 11 is 0. The molecule has 3 aromatic rings. The first-order chi connectivity index (χ1) is 11.9. The van der Waals surface area contributed by atoms with Crippen molar-refractivity contribution in [3.63, 3.8) is 0 Å². The van der Waals surface area contributed by atoms with E-state index in [9.17, 15) is 0 Å². The fourth-order valence-corrected chi connectivity index (χ4v) is 3.56. The molecule has 1 fully saturated rings. The topological polar surface area (TPSA) is 22.3 Å². The quantitative estimate of drug-likeness (QED) is 0.777. The molecule has 0 unspecified atom stereocenters. The molecule has 2 aromatic carbocycles. The Labute approximate surface area is 143 Å². The van der Waals surface area contributed by atoms with Crippen LogP contribution in [0.2, 0.25) is 0 Å². The van der Waals surface area contributed by atoms with Crippen LogP contribution in [0.3, 0.4) is 0 Å². The molecule has 1 aliphatic heterocycles. The Balaban J connectivity index is 1.26. The van der Waals surface area contributed by atoms with Gasteiger partial charge in [0.25, 0.3) is 0 Å². The van der Waals surface area contributed by atoms with Crippen LogP contribution in [-0.2, 0) is 13.0 Å². The van der Waals surface area contributed by atoms with Crippen molar-refractivity contribution in [3.8, 4) is 0 Å². The van der Waals surface area contributed by atoms with E-state index >= 15 is 0 Å². The van der Waals surface area contributed by atoms with E-state index < -0.39 is 0 Å². The number of hydrogen-bond acceptors (Lipinski definition) is 2. The molecule has 1 aliphatic rings. The zero-order chi connectivity index (χ0) is 16.2. The number of para-hydroxylation sites is 1. The van der Waals surface area contributed by atoms with E-state index in [1.54, 1.807) is 0 Å². The maximum atomic E-state index is 3.54. The lowest BCUT2D eigenvalue weighted by atomic mass is 10.2. The van der Waals surface area contributed by atoms with Crippen LogP contribution in [-0.4, -0.2) is 47.5 Å². The summed E-state index contributed by atoms with van der Waals surface area (Å²) in [5, 5.41) is 1.32. The number of nitrogens with zero attached hydrogens (tertiary/aromatic N) is 2. The van der Waals surface area contributed by atoms with Gasteiger partial charge in [-0.05, 0) is 23.1 Å². The monoisotopic (exact) mass is 319 g/mol. The number of nitrogens with one attached hydrogen (secondary N) is 1. The first-order valence-electron chi connectivity index (χ1n) is 8.92. The first-order valence-corrected chi connectivity index (χ1v) is 8.92. The number of fused-ring (bicyclic) bond motifs is 1. The van der Waals surface area contributed by atoms with Gasteiger partial charge < -0.3 is 9.88 Å². The van der Waals surface area contributed by atoms with Crippen molar-refractivity contribution in [1.82, 2.24) is 14.8 Å². The minimum Gasteiger partial charge on any atom is -0.358 e. The second-order valence-electron chi connectivity index (χ2n) is 6.74. The van der Waals surface area contributed by atoms with Gasteiger partial charge in [-0.3, -0.25) is 4.90 Å². The van der Waals surface area contributed by atoms with Gasteiger partial charge >= 0.3 is 0 Å². The summed E-state index contributed by atoms with van der Waals surface area (Å²) in [6.07, 6.45) is 1.10. The summed E-state index contributed by atoms with van der Waals surface area (Å²) in [6.45, 7) is 6.91. The van der Waals surface area contributed by atoms with E-state index in [-0.39, 0.29) is 0 Å². The summed E-state index contributed by atoms with van der Waals surface area (Å²) in [5.74, 6) is 0. The molecule has 0 atom stereocenters. The van der Waals surface area contributed by atoms with Crippen LogP contribution in [0.4, 0.5) is 0 Å². The molecule has 1 aromatic heterocycles. The van der Waals surface area contributed by atoms with Gasteiger partial charge in [0.15, 0.2) is 0 Å². The highest BCUT2D eigenvalue weighted by molar-refractivity contribution is 5.80. The van der Waals surface area contributed by atoms with Crippen LogP contribution >= 0.6 is 0 Å². The third-order valence-electron chi connectivity index (χ3n) is 5.00. The molecule has 3 nitrogen and oxygen atoms in total. The molecule has 2 heterocycles. The highest BCUT2D eigenvalue weighted by Crippen LogP contribution is 2.15. The SMILES string of the molecule is c1ccc(CN2CCN(CCc3cc4ccccc4[nH]3)CC2)cc1. The number of rotatable bonds is 5. The molecule has 3 heteroatoms. The normalized spacial score (nSPS) is 16.7. The molecule has 0 aliphatic carbocycles. The Kier molecular flexibility index (Phi) is 4.63. The maximum Gasteiger partial charge on any atom is 0.0456 e. The van der Waals surface area contributed by atoms with Crippen molar-refractivity contribution < 1.29 is 0 Å². The molecular formula is C21H25N3. The molecule has 4 rings (SSSR count). The fourth-order valence-electron chi connectivity index (χ4n) is 3.56. The Morgan fingerprint density at radius 3 is 2.29 bits per heavy atom. The molecule has 0 saturated carbocycles. The summed E-state index contributed by atoms with van der Waals surface area (Å²) in [7, 11) is 0. The van der Waals surface area contributed by atoms with Crippen LogP contribution < -0.4 is 0 Å². The number of benzene rings is 2. The number of aromatic amines is 1. The van der Waals surface area contributed by atoms with Gasteiger partial charge in [-0.15, -0.1) is 0 Å². The largest absolute Gasteiger partial charge is 0.358 e. The van der Waals surface area contributed by atoms with Gasteiger partial charge in [0.2, 0.25) is 0 Å². The molecule has 0 radical (unpaired) electrons. The van der Waals surface area contributed by atoms with Gasteiger partial charge in [-0.1, -0.05) is 48.5 Å². The van der Waals surface area contributed by atoms with Crippen molar-refractivity contribution in [2.75, 3.05) is 32.7 Å². The van der Waals surface area contributed by atoms with E-state index in [2.05, 4.69) is 75.4 Å². The van der Waals surface area contributed by atoms with Crippen molar-refractivity contribution in [3.05, 3.63) is 71.9 Å². The smallest absolute Gasteiger partial charge is 0.0456 e. The Bertz CT molecular complexity index is 737. The lowest BCUT2D eigenvalue weighted by Gasteiger charge is -2.34. The van der Waals surface area contributed by atoms with Crippen molar-refractivity contribution in [2.45, 2.75) is 13.0 Å². The lowest BCUT2D eigenvalue weighted by molar-refractivity contribution is 0.128. The summed E-state index contributed by atoms with van der Waals surface area (Å²) in [5.41, 5.74) is 4.02. The van der Waals surface area contributed by atoms with Crippen molar-refractivity contribution in [2.24, 2.45) is 0 Å². The lowest BCUT2D eigenvalue weighted by Crippen LogP contribution is -2.46. The van der Waals surface area contributed by atoms with E-state index in [1.165, 1.54) is 48.3 Å². The van der Waals surface area contributed by atoms with Gasteiger partial charge in [-0.25, -0.2) is 0 Å². The molecular weight excluding hydrogens is 294 g/mol. The number of hydrogen-bond donors (Lipinski definition) is 1. The van der Waals surface area contributed by atoms with Crippen molar-refractivity contribution in [1.29, 1.82) is 0 Å². The Hall–Kier alpha value is -2.10. The average Bonchev–Trinajstić information content (AvgIpc) is 3.05. The number of H-pyrrole nitrogens is 1. The molecule has 124 valence electrons. The molecule has 1 N–H and O–H groups in total. The van der Waals surface area contributed by atoms with Gasteiger partial charge in [0.1, 0.15) is 0 Å². The van der Waals surface area contributed by atoms with Crippen LogP contribution in [0.1, 0.15) is 11.3 Å². The molecule has 0 bridgehead atoms. The minimum absolute atomic E-state index is 1.08. The minimum atomic E-state index is 1.08. The van der Waals surface area contributed by atoms with E-state index in [4.69, 9.17) is 0 Å². The zero-order valence-electron chi connectivity index (χ0n) is 14.1. The van der Waals surface area contributed by atoms with Gasteiger partial charge in [0, 0.05) is 56.9 Å². The molecule has 1 saturated heterocycles. The van der Waals surface area contributed by atoms with Gasteiger partial charge in [0.05, 0.1) is 0 Å². The van der Waals surface area contributed by atoms with Crippen LogP contribution in [0, 0.1) is 0 Å². The molecule has 24 heavy (non-hydrogen) atoms. The Morgan fingerprint density at radius 2 is 1.50 bits per heavy atom. The van der Waals surface area contributed by atoms with Crippen LogP contribution in [0.15, 0.2) is 60.7 Å². The summed E-state index contributed by atoms with van der Waals surface area (Å²) in [6, 6.07) is 21.6. The van der Waals surface area contributed by atoms with Crippen molar-refractivity contribution >= 4 is 10.9 Å². The number of piperazine rings is 1.